The number of carbonyl (C=O) groups is 1. The Labute approximate surface area is 173 Å². The van der Waals surface area contributed by atoms with Gasteiger partial charge in [0, 0.05) is 18.2 Å². The molecular formula is C23H28N2O3S. The molecule has 0 atom stereocenters. The molecule has 0 unspecified atom stereocenters. The lowest BCUT2D eigenvalue weighted by atomic mass is 10.1. The summed E-state index contributed by atoms with van der Waals surface area (Å²) in [6.45, 7) is 2.34. The van der Waals surface area contributed by atoms with Crippen molar-refractivity contribution < 1.29 is 13.2 Å². The minimum atomic E-state index is -3.60. The molecule has 0 aromatic heterocycles. The van der Waals surface area contributed by atoms with Gasteiger partial charge in [0.1, 0.15) is 0 Å². The molecule has 0 spiro atoms. The van der Waals surface area contributed by atoms with Gasteiger partial charge in [0.15, 0.2) is 0 Å². The fourth-order valence-electron chi connectivity index (χ4n) is 4.29. The van der Waals surface area contributed by atoms with Crippen molar-refractivity contribution in [1.29, 1.82) is 0 Å². The highest BCUT2D eigenvalue weighted by atomic mass is 32.2. The third-order valence-corrected chi connectivity index (χ3v) is 7.82. The van der Waals surface area contributed by atoms with E-state index < -0.39 is 10.0 Å². The molecule has 2 aliphatic rings. The van der Waals surface area contributed by atoms with Gasteiger partial charge in [-0.15, -0.1) is 0 Å². The minimum absolute atomic E-state index is 0.0560. The number of carbonyl (C=O) groups excluding carboxylic acids is 1. The van der Waals surface area contributed by atoms with Crippen LogP contribution in [0.3, 0.4) is 0 Å². The largest absolute Gasteiger partial charge is 0.349 e. The lowest BCUT2D eigenvalue weighted by Gasteiger charge is -2.20. The first-order chi connectivity index (χ1) is 13.9. The number of nitrogens with zero attached hydrogens (tertiary/aromatic N) is 1. The summed E-state index contributed by atoms with van der Waals surface area (Å²) < 4.78 is 27.6. The zero-order valence-electron chi connectivity index (χ0n) is 16.9. The van der Waals surface area contributed by atoms with E-state index in [2.05, 4.69) is 5.32 Å². The molecule has 4 rings (SSSR count). The zero-order chi connectivity index (χ0) is 20.4. The van der Waals surface area contributed by atoms with Crippen LogP contribution in [0.1, 0.15) is 60.0 Å². The van der Waals surface area contributed by atoms with Crippen LogP contribution in [0.2, 0.25) is 0 Å². The Balaban J connectivity index is 1.53. The van der Waals surface area contributed by atoms with Gasteiger partial charge in [-0.25, -0.2) is 8.42 Å². The number of fused-ring (bicyclic) bond motifs is 1. The summed E-state index contributed by atoms with van der Waals surface area (Å²) in [5.41, 5.74) is 3.23. The highest BCUT2D eigenvalue weighted by Gasteiger charge is 2.31. The Morgan fingerprint density at radius 3 is 2.38 bits per heavy atom. The third kappa shape index (κ3) is 4.17. The number of sulfonamides is 1. The summed E-state index contributed by atoms with van der Waals surface area (Å²) in [5.74, 6) is -0.0560. The van der Waals surface area contributed by atoms with E-state index in [0.29, 0.717) is 29.1 Å². The number of anilines is 1. The number of nitrogens with one attached hydrogen (secondary N) is 1. The molecule has 0 saturated heterocycles. The van der Waals surface area contributed by atoms with Gasteiger partial charge < -0.3 is 5.32 Å². The van der Waals surface area contributed by atoms with E-state index in [1.807, 2.05) is 25.1 Å². The summed E-state index contributed by atoms with van der Waals surface area (Å²) in [4.78, 5) is 13.0. The van der Waals surface area contributed by atoms with Crippen LogP contribution in [-0.4, -0.2) is 26.9 Å². The van der Waals surface area contributed by atoms with E-state index >= 15 is 0 Å². The number of hydrogen-bond acceptors (Lipinski definition) is 3. The molecule has 2 aromatic rings. The molecule has 154 valence electrons. The van der Waals surface area contributed by atoms with Crippen molar-refractivity contribution in [1.82, 2.24) is 5.32 Å². The van der Waals surface area contributed by atoms with Gasteiger partial charge in [0.25, 0.3) is 15.9 Å². The average molecular weight is 413 g/mol. The molecular weight excluding hydrogens is 384 g/mol. The van der Waals surface area contributed by atoms with Crippen LogP contribution in [0.15, 0.2) is 47.4 Å². The number of aryl methyl sites for hydroxylation is 1. The Morgan fingerprint density at radius 1 is 1.00 bits per heavy atom. The fraction of sp³-hybridized carbons (Fsp3) is 0.435. The second-order valence-electron chi connectivity index (χ2n) is 8.15. The summed E-state index contributed by atoms with van der Waals surface area (Å²) >= 11 is 0. The van der Waals surface area contributed by atoms with Crippen LogP contribution in [0, 0.1) is 6.92 Å². The molecule has 1 N–H and O–H groups in total. The summed E-state index contributed by atoms with van der Waals surface area (Å²) in [7, 11) is -3.60. The van der Waals surface area contributed by atoms with Crippen LogP contribution < -0.4 is 9.62 Å². The highest BCUT2D eigenvalue weighted by Crippen LogP contribution is 2.33. The molecule has 2 aromatic carbocycles. The smallest absolute Gasteiger partial charge is 0.264 e. The van der Waals surface area contributed by atoms with Gasteiger partial charge in [-0.2, -0.15) is 0 Å². The topological polar surface area (TPSA) is 66.5 Å². The van der Waals surface area contributed by atoms with Gasteiger partial charge in [0.05, 0.1) is 10.6 Å². The number of benzene rings is 2. The normalized spacial score (nSPS) is 17.6. The monoisotopic (exact) mass is 412 g/mol. The van der Waals surface area contributed by atoms with E-state index in [1.165, 1.54) is 30.0 Å². The van der Waals surface area contributed by atoms with E-state index in [9.17, 15) is 13.2 Å². The predicted octanol–water partition coefficient (Wildman–Crippen LogP) is 4.20. The predicted molar refractivity (Wildman–Crippen MR) is 115 cm³/mol. The first-order valence-electron chi connectivity index (χ1n) is 10.5. The first-order valence-corrected chi connectivity index (χ1v) is 11.9. The molecule has 0 bridgehead atoms. The molecule has 1 saturated carbocycles. The maximum absolute atomic E-state index is 13.1. The van der Waals surface area contributed by atoms with Crippen LogP contribution in [-0.2, 0) is 16.4 Å². The average Bonchev–Trinajstić information content (AvgIpc) is 2.98. The molecule has 1 fully saturated rings. The van der Waals surface area contributed by atoms with Crippen molar-refractivity contribution in [2.75, 3.05) is 10.8 Å². The number of hydrogen-bond donors (Lipinski definition) is 1. The maximum Gasteiger partial charge on any atom is 0.264 e. The van der Waals surface area contributed by atoms with Gasteiger partial charge in [-0.3, -0.25) is 9.10 Å². The first kappa shape index (κ1) is 20.0. The molecule has 5 nitrogen and oxygen atoms in total. The lowest BCUT2D eigenvalue weighted by Crippen LogP contribution is -2.34. The quantitative estimate of drug-likeness (QED) is 0.766. The Morgan fingerprint density at radius 2 is 1.69 bits per heavy atom. The van der Waals surface area contributed by atoms with Crippen LogP contribution >= 0.6 is 0 Å². The SMILES string of the molecule is Cc1ccc(S(=O)(=O)N2CCc3cc(C(=O)NC4CCCCCC4)ccc32)cc1. The zero-order valence-corrected chi connectivity index (χ0v) is 17.7. The van der Waals surface area contributed by atoms with Crippen molar-refractivity contribution >= 4 is 21.6 Å². The molecule has 29 heavy (non-hydrogen) atoms. The second-order valence-corrected chi connectivity index (χ2v) is 10.0. The maximum atomic E-state index is 13.1. The van der Waals surface area contributed by atoms with Crippen molar-refractivity contribution in [3.05, 3.63) is 59.2 Å². The lowest BCUT2D eigenvalue weighted by molar-refractivity contribution is 0.0933. The minimum Gasteiger partial charge on any atom is -0.349 e. The van der Waals surface area contributed by atoms with E-state index in [0.717, 1.165) is 24.0 Å². The third-order valence-electron chi connectivity index (χ3n) is 5.99. The van der Waals surface area contributed by atoms with Crippen molar-refractivity contribution in [2.45, 2.75) is 62.8 Å². The van der Waals surface area contributed by atoms with Gasteiger partial charge in [-0.05, 0) is 62.1 Å². The summed E-state index contributed by atoms with van der Waals surface area (Å²) in [5, 5.41) is 3.17. The molecule has 0 radical (unpaired) electrons. The Hall–Kier alpha value is -2.34. The fourth-order valence-corrected chi connectivity index (χ4v) is 5.80. The van der Waals surface area contributed by atoms with Gasteiger partial charge in [0.2, 0.25) is 0 Å². The molecule has 6 heteroatoms. The van der Waals surface area contributed by atoms with Crippen molar-refractivity contribution in [3.63, 3.8) is 0 Å². The Bertz CT molecular complexity index is 991. The number of rotatable bonds is 4. The van der Waals surface area contributed by atoms with E-state index in [1.54, 1.807) is 24.3 Å². The van der Waals surface area contributed by atoms with Crippen molar-refractivity contribution in [2.24, 2.45) is 0 Å². The number of amides is 1. The highest BCUT2D eigenvalue weighted by molar-refractivity contribution is 7.92. The van der Waals surface area contributed by atoms with Crippen molar-refractivity contribution in [3.8, 4) is 0 Å². The van der Waals surface area contributed by atoms with Crippen LogP contribution in [0.25, 0.3) is 0 Å². The molecule has 1 aliphatic carbocycles. The van der Waals surface area contributed by atoms with Crippen LogP contribution in [0.5, 0.6) is 0 Å². The second kappa shape index (κ2) is 8.19. The van der Waals surface area contributed by atoms with Gasteiger partial charge in [-0.1, -0.05) is 43.4 Å². The molecule has 1 heterocycles. The van der Waals surface area contributed by atoms with Gasteiger partial charge >= 0.3 is 0 Å². The standard InChI is InChI=1S/C23H28N2O3S/c1-17-8-11-21(12-9-17)29(27,28)25-15-14-18-16-19(10-13-22(18)25)23(26)24-20-6-4-2-3-5-7-20/h8-13,16,20H,2-7,14-15H2,1H3,(H,24,26). The molecule has 1 aliphatic heterocycles. The Kier molecular flexibility index (Phi) is 5.63. The van der Waals surface area contributed by atoms with E-state index in [4.69, 9.17) is 0 Å². The summed E-state index contributed by atoms with van der Waals surface area (Å²) in [6.07, 6.45) is 7.53. The van der Waals surface area contributed by atoms with E-state index in [-0.39, 0.29) is 11.9 Å². The van der Waals surface area contributed by atoms with Crippen LogP contribution in [0.4, 0.5) is 5.69 Å². The summed E-state index contributed by atoms with van der Waals surface area (Å²) in [6, 6.07) is 12.5. The molecule has 1 amide bonds.